The van der Waals surface area contributed by atoms with Crippen LogP contribution in [0.15, 0.2) is 36.7 Å². The van der Waals surface area contributed by atoms with Gasteiger partial charge in [0.1, 0.15) is 11.4 Å². The maximum Gasteiger partial charge on any atom is 0.341 e. The fourth-order valence-corrected chi connectivity index (χ4v) is 3.27. The van der Waals surface area contributed by atoms with Crippen molar-refractivity contribution in [3.05, 3.63) is 42.2 Å². The Morgan fingerprint density at radius 2 is 2.08 bits per heavy atom. The molecule has 0 radical (unpaired) electrons. The van der Waals surface area contributed by atoms with Gasteiger partial charge in [0.05, 0.1) is 18.7 Å². The van der Waals surface area contributed by atoms with Gasteiger partial charge in [-0.05, 0) is 36.6 Å². The van der Waals surface area contributed by atoms with Crippen molar-refractivity contribution >= 4 is 22.7 Å². The Hall–Kier alpha value is -2.93. The number of ether oxygens (including phenoxy) is 2. The number of benzene rings is 1. The summed E-state index contributed by atoms with van der Waals surface area (Å²) in [5, 5.41) is 5.74. The fraction of sp³-hybridized carbons (Fsp3) is 0.316. The molecule has 2 aromatic heterocycles. The smallest absolute Gasteiger partial charge is 0.341 e. The van der Waals surface area contributed by atoms with Crippen LogP contribution in [-0.4, -0.2) is 41.1 Å². The van der Waals surface area contributed by atoms with Gasteiger partial charge in [0.2, 0.25) is 0 Å². The molecule has 1 aliphatic heterocycles. The van der Waals surface area contributed by atoms with Crippen molar-refractivity contribution < 1.29 is 14.3 Å². The average molecular weight is 352 g/mol. The zero-order chi connectivity index (χ0) is 18.1. The molecule has 1 aliphatic rings. The molecule has 0 aliphatic carbocycles. The second kappa shape index (κ2) is 6.76. The van der Waals surface area contributed by atoms with Crippen molar-refractivity contribution in [3.63, 3.8) is 0 Å². The van der Waals surface area contributed by atoms with Crippen LogP contribution in [0, 0.1) is 0 Å². The number of methoxy groups -OCH3 is 1. The lowest BCUT2D eigenvalue weighted by Crippen LogP contribution is -2.19. The molecule has 0 bridgehead atoms. The standard InChI is InChI=1S/C19H20N4O3/c1-25-19(24)16-9-13(10-21-18(16)20)12-2-3-17-14(8-12)11-23(22-17)15-4-6-26-7-5-15/h2-3,8-11,15H,4-7H2,1H3,(H2,20,21). The van der Waals surface area contributed by atoms with Crippen LogP contribution in [-0.2, 0) is 9.47 Å². The molecule has 7 heteroatoms. The molecule has 7 nitrogen and oxygen atoms in total. The minimum Gasteiger partial charge on any atom is -0.465 e. The lowest BCUT2D eigenvalue weighted by Gasteiger charge is -2.22. The second-order valence-corrected chi connectivity index (χ2v) is 6.37. The highest BCUT2D eigenvalue weighted by molar-refractivity contribution is 5.95. The molecular formula is C19H20N4O3. The SMILES string of the molecule is COC(=O)c1cc(-c2ccc3nn(C4CCOCC4)cc3c2)cnc1N. The third-order valence-electron chi connectivity index (χ3n) is 4.74. The van der Waals surface area contributed by atoms with Crippen molar-refractivity contribution in [1.29, 1.82) is 0 Å². The normalized spacial score (nSPS) is 15.3. The largest absolute Gasteiger partial charge is 0.465 e. The number of hydrogen-bond acceptors (Lipinski definition) is 6. The number of rotatable bonds is 3. The monoisotopic (exact) mass is 352 g/mol. The summed E-state index contributed by atoms with van der Waals surface area (Å²) in [6, 6.07) is 8.08. The van der Waals surface area contributed by atoms with Crippen LogP contribution in [0.3, 0.4) is 0 Å². The molecular weight excluding hydrogens is 332 g/mol. The summed E-state index contributed by atoms with van der Waals surface area (Å²) < 4.78 is 12.2. The zero-order valence-corrected chi connectivity index (χ0v) is 14.5. The van der Waals surface area contributed by atoms with Crippen LogP contribution in [0.1, 0.15) is 29.2 Å². The topological polar surface area (TPSA) is 92.3 Å². The number of hydrogen-bond donors (Lipinski definition) is 1. The first-order valence-electron chi connectivity index (χ1n) is 8.56. The van der Waals surface area contributed by atoms with Crippen molar-refractivity contribution in [2.45, 2.75) is 18.9 Å². The maximum atomic E-state index is 11.8. The molecule has 134 valence electrons. The van der Waals surface area contributed by atoms with E-state index in [1.54, 1.807) is 12.3 Å². The van der Waals surface area contributed by atoms with E-state index < -0.39 is 5.97 Å². The van der Waals surface area contributed by atoms with E-state index in [1.807, 2.05) is 22.9 Å². The zero-order valence-electron chi connectivity index (χ0n) is 14.5. The van der Waals surface area contributed by atoms with Gasteiger partial charge in [-0.3, -0.25) is 4.68 Å². The van der Waals surface area contributed by atoms with Gasteiger partial charge >= 0.3 is 5.97 Å². The fourth-order valence-electron chi connectivity index (χ4n) is 3.27. The first-order valence-corrected chi connectivity index (χ1v) is 8.56. The van der Waals surface area contributed by atoms with Gasteiger partial charge in [-0.1, -0.05) is 6.07 Å². The van der Waals surface area contributed by atoms with E-state index in [4.69, 9.17) is 20.3 Å². The van der Waals surface area contributed by atoms with Crippen LogP contribution in [0.25, 0.3) is 22.0 Å². The molecule has 0 spiro atoms. The van der Waals surface area contributed by atoms with Gasteiger partial charge in [0.25, 0.3) is 0 Å². The van der Waals surface area contributed by atoms with Gasteiger partial charge in [0.15, 0.2) is 0 Å². The Labute approximate surface area is 150 Å². The molecule has 1 aromatic carbocycles. The molecule has 0 unspecified atom stereocenters. The van der Waals surface area contributed by atoms with Crippen LogP contribution >= 0.6 is 0 Å². The quantitative estimate of drug-likeness (QED) is 0.729. The summed E-state index contributed by atoms with van der Waals surface area (Å²) >= 11 is 0. The molecule has 3 aromatic rings. The molecule has 1 saturated heterocycles. The number of carbonyl (C=O) groups excluding carboxylic acids is 1. The predicted molar refractivity (Wildman–Crippen MR) is 97.8 cm³/mol. The molecule has 3 heterocycles. The van der Waals surface area contributed by atoms with Crippen LogP contribution < -0.4 is 5.73 Å². The summed E-state index contributed by atoms with van der Waals surface area (Å²) in [7, 11) is 1.32. The van der Waals surface area contributed by atoms with E-state index in [0.29, 0.717) is 6.04 Å². The summed E-state index contributed by atoms with van der Waals surface area (Å²) in [5.74, 6) is -0.334. The predicted octanol–water partition coefficient (Wildman–Crippen LogP) is 2.82. The molecule has 0 amide bonds. The van der Waals surface area contributed by atoms with E-state index in [9.17, 15) is 4.79 Å². The molecule has 26 heavy (non-hydrogen) atoms. The number of carbonyl (C=O) groups is 1. The Morgan fingerprint density at radius 1 is 1.27 bits per heavy atom. The van der Waals surface area contributed by atoms with Gasteiger partial charge in [-0.2, -0.15) is 5.10 Å². The lowest BCUT2D eigenvalue weighted by atomic mass is 10.0. The first-order chi connectivity index (χ1) is 12.7. The van der Waals surface area contributed by atoms with Crippen LogP contribution in [0.5, 0.6) is 0 Å². The van der Waals surface area contributed by atoms with Gasteiger partial charge in [-0.25, -0.2) is 9.78 Å². The highest BCUT2D eigenvalue weighted by Gasteiger charge is 2.17. The summed E-state index contributed by atoms with van der Waals surface area (Å²) in [4.78, 5) is 16.0. The highest BCUT2D eigenvalue weighted by atomic mass is 16.5. The number of fused-ring (bicyclic) bond motifs is 1. The summed E-state index contributed by atoms with van der Waals surface area (Å²) in [5.41, 5.74) is 8.75. The number of nitrogens with two attached hydrogens (primary N) is 1. The minimum absolute atomic E-state index is 0.161. The molecule has 4 rings (SSSR count). The van der Waals surface area contributed by atoms with E-state index >= 15 is 0 Å². The third kappa shape index (κ3) is 3.01. The van der Waals surface area contributed by atoms with Gasteiger partial charge < -0.3 is 15.2 Å². The van der Waals surface area contributed by atoms with Gasteiger partial charge in [-0.15, -0.1) is 0 Å². The molecule has 1 fully saturated rings. The maximum absolute atomic E-state index is 11.8. The van der Waals surface area contributed by atoms with E-state index in [1.165, 1.54) is 7.11 Å². The van der Waals surface area contributed by atoms with Crippen LogP contribution in [0.4, 0.5) is 5.82 Å². The van der Waals surface area contributed by atoms with Gasteiger partial charge in [0, 0.05) is 36.6 Å². The van der Waals surface area contributed by atoms with Crippen molar-refractivity contribution in [3.8, 4) is 11.1 Å². The molecule has 0 atom stereocenters. The van der Waals surface area contributed by atoms with Crippen molar-refractivity contribution in [2.24, 2.45) is 0 Å². The van der Waals surface area contributed by atoms with Crippen molar-refractivity contribution in [2.75, 3.05) is 26.1 Å². The number of nitrogen functional groups attached to an aromatic ring is 1. The third-order valence-corrected chi connectivity index (χ3v) is 4.74. The Morgan fingerprint density at radius 3 is 2.85 bits per heavy atom. The Bertz CT molecular complexity index is 961. The van der Waals surface area contributed by atoms with Crippen LogP contribution in [0.2, 0.25) is 0 Å². The van der Waals surface area contributed by atoms with E-state index in [-0.39, 0.29) is 11.4 Å². The highest BCUT2D eigenvalue weighted by Crippen LogP contribution is 2.28. The van der Waals surface area contributed by atoms with E-state index in [0.717, 1.165) is 48.1 Å². The Kier molecular flexibility index (Phi) is 4.30. The Balaban J connectivity index is 1.70. The summed E-state index contributed by atoms with van der Waals surface area (Å²) in [6.07, 6.45) is 5.68. The number of nitrogens with zero attached hydrogens (tertiary/aromatic N) is 3. The minimum atomic E-state index is -0.495. The average Bonchev–Trinajstić information content (AvgIpc) is 3.12. The number of esters is 1. The number of pyridine rings is 1. The lowest BCUT2D eigenvalue weighted by molar-refractivity contribution is 0.0601. The van der Waals surface area contributed by atoms with E-state index in [2.05, 4.69) is 11.2 Å². The second-order valence-electron chi connectivity index (χ2n) is 6.37. The number of anilines is 1. The summed E-state index contributed by atoms with van der Waals surface area (Å²) in [6.45, 7) is 1.55. The molecule has 2 N–H and O–H groups in total. The van der Waals surface area contributed by atoms with Crippen molar-refractivity contribution in [1.82, 2.24) is 14.8 Å². The molecule has 0 saturated carbocycles. The first kappa shape index (κ1) is 16.5. The number of aromatic nitrogens is 3.